The number of halogens is 1. The van der Waals surface area contributed by atoms with E-state index in [1.807, 2.05) is 0 Å². The van der Waals surface area contributed by atoms with Crippen LogP contribution < -0.4 is 5.56 Å². The highest BCUT2D eigenvalue weighted by Crippen LogP contribution is 2.24. The summed E-state index contributed by atoms with van der Waals surface area (Å²) < 4.78 is 3.01. The minimum atomic E-state index is -0.243. The summed E-state index contributed by atoms with van der Waals surface area (Å²) in [5.74, 6) is 0. The van der Waals surface area contributed by atoms with Gasteiger partial charge in [0.15, 0.2) is 0 Å². The van der Waals surface area contributed by atoms with E-state index in [-0.39, 0.29) is 10.3 Å². The van der Waals surface area contributed by atoms with E-state index in [1.165, 1.54) is 9.25 Å². The van der Waals surface area contributed by atoms with E-state index >= 15 is 0 Å². The topological polar surface area (TPSA) is 63.6 Å². The zero-order chi connectivity index (χ0) is 15.0. The summed E-state index contributed by atoms with van der Waals surface area (Å²) in [4.78, 5) is 11.8. The van der Waals surface area contributed by atoms with Crippen LogP contribution in [0.25, 0.3) is 5.69 Å². The van der Waals surface area contributed by atoms with Gasteiger partial charge in [-0.15, -0.1) is 0 Å². The summed E-state index contributed by atoms with van der Waals surface area (Å²) in [7, 11) is 1.58. The molecule has 0 aliphatic rings. The lowest BCUT2D eigenvalue weighted by molar-refractivity contribution is 0.665. The Labute approximate surface area is 125 Å². The number of hydrogen-bond donors (Lipinski definition) is 0. The second-order valence-corrected chi connectivity index (χ2v) is 5.15. The van der Waals surface area contributed by atoms with Gasteiger partial charge in [-0.3, -0.25) is 9.36 Å². The highest BCUT2D eigenvalue weighted by molar-refractivity contribution is 7.71. The maximum Gasteiger partial charge on any atom is 0.275 e. The highest BCUT2D eigenvalue weighted by Gasteiger charge is 2.12. The van der Waals surface area contributed by atoms with Crippen molar-refractivity contribution in [2.45, 2.75) is 13.8 Å². The van der Waals surface area contributed by atoms with Gasteiger partial charge in [0.1, 0.15) is 5.69 Å². The monoisotopic (exact) mass is 306 g/mol. The van der Waals surface area contributed by atoms with Gasteiger partial charge in [-0.25, -0.2) is 4.68 Å². The molecule has 0 aliphatic carbocycles. The maximum absolute atomic E-state index is 11.8. The van der Waals surface area contributed by atoms with Crippen molar-refractivity contribution in [3.8, 4) is 11.8 Å². The number of rotatable bonds is 1. The molecule has 20 heavy (non-hydrogen) atoms. The van der Waals surface area contributed by atoms with Crippen LogP contribution in [-0.4, -0.2) is 14.3 Å². The fourth-order valence-corrected chi connectivity index (χ4v) is 2.28. The number of aromatic nitrogens is 3. The molecule has 5 nitrogen and oxygen atoms in total. The molecule has 0 saturated carbocycles. The molecule has 0 amide bonds. The first-order valence-corrected chi connectivity index (χ1v) is 6.53. The summed E-state index contributed by atoms with van der Waals surface area (Å²) in [6, 6.07) is 5.36. The van der Waals surface area contributed by atoms with Crippen LogP contribution in [0.1, 0.15) is 16.8 Å². The average molecular weight is 307 g/mol. The van der Waals surface area contributed by atoms with Crippen LogP contribution >= 0.6 is 23.8 Å². The quantitative estimate of drug-likeness (QED) is 0.759. The Bertz CT molecular complexity index is 860. The SMILES string of the molecule is Cc1cc(-n2nc(C)c(=O)n(C)c2=S)c(Cl)cc1C#N. The third kappa shape index (κ3) is 2.26. The Morgan fingerprint density at radius 3 is 2.65 bits per heavy atom. The number of nitriles is 1. The molecule has 0 saturated heterocycles. The van der Waals surface area contributed by atoms with Gasteiger partial charge in [0.05, 0.1) is 22.3 Å². The Balaban J connectivity index is 2.84. The molecule has 7 heteroatoms. The van der Waals surface area contributed by atoms with Crippen molar-refractivity contribution in [2.75, 3.05) is 0 Å². The van der Waals surface area contributed by atoms with Crippen molar-refractivity contribution >= 4 is 23.8 Å². The molecule has 1 heterocycles. The maximum atomic E-state index is 11.8. The third-order valence-corrected chi connectivity index (χ3v) is 3.72. The second-order valence-electron chi connectivity index (χ2n) is 4.37. The summed E-state index contributed by atoms with van der Waals surface area (Å²) in [5, 5.41) is 13.5. The van der Waals surface area contributed by atoms with Gasteiger partial charge in [-0.2, -0.15) is 10.4 Å². The molecular formula is C13H11ClN4OS. The predicted octanol–water partition coefficient (Wildman–Crippen LogP) is 2.44. The first-order valence-electron chi connectivity index (χ1n) is 5.74. The Morgan fingerprint density at radius 2 is 2.05 bits per heavy atom. The number of nitrogens with zero attached hydrogens (tertiary/aromatic N) is 4. The van der Waals surface area contributed by atoms with Crippen molar-refractivity contribution in [3.63, 3.8) is 0 Å². The normalized spacial score (nSPS) is 10.3. The zero-order valence-corrected chi connectivity index (χ0v) is 12.7. The standard InChI is InChI=1S/C13H11ClN4OS/c1-7-4-11(10(14)5-9(7)6-15)18-13(20)17(3)12(19)8(2)16-18/h4-5H,1-3H3. The minimum Gasteiger partial charge on any atom is -0.285 e. The van der Waals surface area contributed by atoms with Crippen LogP contribution in [0.2, 0.25) is 5.02 Å². The fourth-order valence-electron chi connectivity index (χ4n) is 1.81. The lowest BCUT2D eigenvalue weighted by Gasteiger charge is -2.12. The molecule has 0 bridgehead atoms. The van der Waals surface area contributed by atoms with Gasteiger partial charge < -0.3 is 0 Å². The van der Waals surface area contributed by atoms with Gasteiger partial charge in [0.25, 0.3) is 5.56 Å². The van der Waals surface area contributed by atoms with E-state index in [0.717, 1.165) is 5.56 Å². The third-order valence-electron chi connectivity index (χ3n) is 2.97. The first kappa shape index (κ1) is 14.4. The largest absolute Gasteiger partial charge is 0.285 e. The lowest BCUT2D eigenvalue weighted by atomic mass is 10.1. The molecule has 0 spiro atoms. The van der Waals surface area contributed by atoms with E-state index in [4.69, 9.17) is 29.1 Å². The van der Waals surface area contributed by atoms with Crippen LogP contribution in [0.5, 0.6) is 0 Å². The predicted molar refractivity (Wildman–Crippen MR) is 78.8 cm³/mol. The van der Waals surface area contributed by atoms with Gasteiger partial charge in [-0.05, 0) is 43.8 Å². The molecule has 102 valence electrons. The van der Waals surface area contributed by atoms with Crippen LogP contribution in [0.15, 0.2) is 16.9 Å². The van der Waals surface area contributed by atoms with Crippen LogP contribution in [0.4, 0.5) is 0 Å². The summed E-state index contributed by atoms with van der Waals surface area (Å²) in [6.45, 7) is 3.41. The summed E-state index contributed by atoms with van der Waals surface area (Å²) in [6.07, 6.45) is 0. The number of benzene rings is 1. The molecule has 0 unspecified atom stereocenters. The lowest BCUT2D eigenvalue weighted by Crippen LogP contribution is -2.26. The molecular weight excluding hydrogens is 296 g/mol. The number of aryl methyl sites for hydroxylation is 2. The first-order chi connectivity index (χ1) is 9.36. The molecule has 0 N–H and O–H groups in total. The van der Waals surface area contributed by atoms with E-state index in [0.29, 0.717) is 22.0 Å². The second kappa shape index (κ2) is 5.19. The van der Waals surface area contributed by atoms with Crippen molar-refractivity contribution in [2.24, 2.45) is 7.05 Å². The molecule has 1 aromatic heterocycles. The van der Waals surface area contributed by atoms with E-state index in [1.54, 1.807) is 33.0 Å². The molecule has 0 aliphatic heterocycles. The van der Waals surface area contributed by atoms with E-state index in [2.05, 4.69) is 11.2 Å². The van der Waals surface area contributed by atoms with Gasteiger partial charge >= 0.3 is 0 Å². The average Bonchev–Trinajstić information content (AvgIpc) is 2.42. The molecule has 2 aromatic rings. The minimum absolute atomic E-state index is 0.242. The smallest absolute Gasteiger partial charge is 0.275 e. The van der Waals surface area contributed by atoms with Crippen LogP contribution in [0.3, 0.4) is 0 Å². The van der Waals surface area contributed by atoms with Crippen molar-refractivity contribution in [3.05, 3.63) is 49.1 Å². The number of hydrogen-bond acceptors (Lipinski definition) is 4. The Kier molecular flexibility index (Phi) is 3.75. The molecule has 0 atom stereocenters. The summed E-state index contributed by atoms with van der Waals surface area (Å²) >= 11 is 11.4. The van der Waals surface area contributed by atoms with Gasteiger partial charge in [0, 0.05) is 7.05 Å². The van der Waals surface area contributed by atoms with Crippen LogP contribution in [0, 0.1) is 29.9 Å². The van der Waals surface area contributed by atoms with Gasteiger partial charge in [-0.1, -0.05) is 11.6 Å². The van der Waals surface area contributed by atoms with Gasteiger partial charge in [0.2, 0.25) is 4.77 Å². The van der Waals surface area contributed by atoms with Crippen molar-refractivity contribution < 1.29 is 0 Å². The molecule has 2 rings (SSSR count). The summed E-state index contributed by atoms with van der Waals surface area (Å²) in [5.41, 5.74) is 1.88. The zero-order valence-electron chi connectivity index (χ0n) is 11.1. The highest BCUT2D eigenvalue weighted by atomic mass is 35.5. The van der Waals surface area contributed by atoms with E-state index < -0.39 is 0 Å². The molecule has 0 radical (unpaired) electrons. The van der Waals surface area contributed by atoms with Crippen molar-refractivity contribution in [1.29, 1.82) is 5.26 Å². The van der Waals surface area contributed by atoms with Crippen LogP contribution in [-0.2, 0) is 7.05 Å². The Hall–Kier alpha value is -1.97. The molecule has 1 aromatic carbocycles. The van der Waals surface area contributed by atoms with Crippen molar-refractivity contribution in [1.82, 2.24) is 14.3 Å². The molecule has 0 fully saturated rings. The fraction of sp³-hybridized carbons (Fsp3) is 0.231. The Morgan fingerprint density at radius 1 is 1.40 bits per heavy atom. The van der Waals surface area contributed by atoms with E-state index in [9.17, 15) is 4.79 Å².